The minimum absolute atomic E-state index is 0.107. The minimum atomic E-state index is -0.542. The van der Waals surface area contributed by atoms with Gasteiger partial charge in [0.25, 0.3) is 0 Å². The molecule has 2 N–H and O–H groups in total. The van der Waals surface area contributed by atoms with Crippen molar-refractivity contribution in [3.05, 3.63) is 0 Å². The van der Waals surface area contributed by atoms with Crippen molar-refractivity contribution < 1.29 is 10.2 Å². The van der Waals surface area contributed by atoms with Gasteiger partial charge in [-0.25, -0.2) is 0 Å². The molecular formula is C15H32O2S. The van der Waals surface area contributed by atoms with E-state index in [0.29, 0.717) is 11.0 Å². The van der Waals surface area contributed by atoms with E-state index in [-0.39, 0.29) is 6.61 Å². The van der Waals surface area contributed by atoms with E-state index in [2.05, 4.69) is 13.8 Å². The largest absolute Gasteiger partial charge is 0.394 e. The number of hydrogen-bond acceptors (Lipinski definition) is 3. The zero-order valence-corrected chi connectivity index (χ0v) is 13.1. The molecule has 0 aliphatic rings. The standard InChI is InChI=1S/C15H32O2S/c1-3-5-7-8-9-11-15(10-6-4-2)18-13-14(17)12-16/h14-17H,3-13H2,1-2H3. The first-order valence-electron chi connectivity index (χ1n) is 7.65. The third-order valence-electron chi connectivity index (χ3n) is 3.24. The molecule has 0 fully saturated rings. The fourth-order valence-corrected chi connectivity index (χ4v) is 3.28. The van der Waals surface area contributed by atoms with Crippen LogP contribution in [0.1, 0.15) is 71.6 Å². The Morgan fingerprint density at radius 1 is 0.889 bits per heavy atom. The van der Waals surface area contributed by atoms with Crippen LogP contribution in [0.5, 0.6) is 0 Å². The number of aliphatic hydroxyl groups is 2. The van der Waals surface area contributed by atoms with Crippen molar-refractivity contribution >= 4 is 11.8 Å². The normalized spacial score (nSPS) is 14.7. The van der Waals surface area contributed by atoms with Gasteiger partial charge in [-0.1, -0.05) is 58.8 Å². The first kappa shape index (κ1) is 18.3. The molecule has 3 heteroatoms. The number of unbranched alkanes of at least 4 members (excludes halogenated alkanes) is 5. The quantitative estimate of drug-likeness (QED) is 0.500. The molecule has 0 aromatic carbocycles. The maximum atomic E-state index is 9.40. The van der Waals surface area contributed by atoms with Crippen LogP contribution in [0.25, 0.3) is 0 Å². The first-order chi connectivity index (χ1) is 8.74. The first-order valence-corrected chi connectivity index (χ1v) is 8.69. The molecule has 0 aliphatic carbocycles. The third kappa shape index (κ3) is 11.4. The van der Waals surface area contributed by atoms with Crippen molar-refractivity contribution in [2.75, 3.05) is 12.4 Å². The molecule has 0 saturated carbocycles. The molecule has 2 atom stereocenters. The van der Waals surface area contributed by atoms with E-state index in [4.69, 9.17) is 5.11 Å². The number of aliphatic hydroxyl groups excluding tert-OH is 2. The average molecular weight is 276 g/mol. The van der Waals surface area contributed by atoms with Crippen LogP contribution in [0.2, 0.25) is 0 Å². The highest BCUT2D eigenvalue weighted by Crippen LogP contribution is 2.24. The van der Waals surface area contributed by atoms with E-state index < -0.39 is 6.10 Å². The molecule has 0 aliphatic heterocycles. The lowest BCUT2D eigenvalue weighted by Crippen LogP contribution is -2.17. The van der Waals surface area contributed by atoms with E-state index in [1.54, 1.807) is 0 Å². The van der Waals surface area contributed by atoms with Crippen molar-refractivity contribution in [2.45, 2.75) is 83.0 Å². The highest BCUT2D eigenvalue weighted by Gasteiger charge is 2.11. The molecule has 0 amide bonds. The Morgan fingerprint density at radius 2 is 1.50 bits per heavy atom. The molecule has 2 nitrogen and oxygen atoms in total. The van der Waals surface area contributed by atoms with Crippen molar-refractivity contribution in [1.82, 2.24) is 0 Å². The van der Waals surface area contributed by atoms with Crippen LogP contribution >= 0.6 is 11.8 Å². The maximum absolute atomic E-state index is 9.40. The molecule has 2 unspecified atom stereocenters. The Morgan fingerprint density at radius 3 is 2.11 bits per heavy atom. The van der Waals surface area contributed by atoms with Crippen molar-refractivity contribution in [1.29, 1.82) is 0 Å². The lowest BCUT2D eigenvalue weighted by Gasteiger charge is -2.17. The van der Waals surface area contributed by atoms with Gasteiger partial charge in [-0.15, -0.1) is 0 Å². The zero-order chi connectivity index (χ0) is 13.6. The predicted molar refractivity (Wildman–Crippen MR) is 82.2 cm³/mol. The third-order valence-corrected chi connectivity index (χ3v) is 4.76. The minimum Gasteiger partial charge on any atom is -0.394 e. The van der Waals surface area contributed by atoms with Crippen LogP contribution < -0.4 is 0 Å². The second-order valence-corrected chi connectivity index (χ2v) is 6.47. The van der Waals surface area contributed by atoms with E-state index in [1.807, 2.05) is 11.8 Å². The summed E-state index contributed by atoms with van der Waals surface area (Å²) in [6.07, 6.45) is 11.2. The smallest absolute Gasteiger partial charge is 0.0861 e. The fraction of sp³-hybridized carbons (Fsp3) is 1.00. The second-order valence-electron chi connectivity index (χ2n) is 5.14. The summed E-state index contributed by atoms with van der Waals surface area (Å²) in [5.41, 5.74) is 0. The van der Waals surface area contributed by atoms with Gasteiger partial charge in [0.1, 0.15) is 0 Å². The Labute approximate surface area is 118 Å². The zero-order valence-electron chi connectivity index (χ0n) is 12.2. The molecular weight excluding hydrogens is 244 g/mol. The Bertz CT molecular complexity index is 165. The summed E-state index contributed by atoms with van der Waals surface area (Å²) in [6, 6.07) is 0. The lowest BCUT2D eigenvalue weighted by atomic mass is 10.1. The van der Waals surface area contributed by atoms with Gasteiger partial charge >= 0.3 is 0 Å². The van der Waals surface area contributed by atoms with Crippen molar-refractivity contribution in [2.24, 2.45) is 0 Å². The molecule has 0 radical (unpaired) electrons. The Balaban J connectivity index is 3.69. The maximum Gasteiger partial charge on any atom is 0.0861 e. The summed E-state index contributed by atoms with van der Waals surface area (Å²) < 4.78 is 0. The van der Waals surface area contributed by atoms with Gasteiger partial charge in [-0.2, -0.15) is 11.8 Å². The summed E-state index contributed by atoms with van der Waals surface area (Å²) in [5.74, 6) is 0.680. The van der Waals surface area contributed by atoms with E-state index >= 15 is 0 Å². The average Bonchev–Trinajstić information content (AvgIpc) is 2.40. The summed E-state index contributed by atoms with van der Waals surface area (Å²) >= 11 is 1.85. The Kier molecular flexibility index (Phi) is 13.9. The van der Waals surface area contributed by atoms with Crippen LogP contribution in [0.3, 0.4) is 0 Å². The highest BCUT2D eigenvalue weighted by molar-refractivity contribution is 7.99. The number of rotatable bonds is 13. The summed E-state index contributed by atoms with van der Waals surface area (Å²) in [4.78, 5) is 0. The van der Waals surface area contributed by atoms with Gasteiger partial charge in [0.15, 0.2) is 0 Å². The molecule has 110 valence electrons. The van der Waals surface area contributed by atoms with Gasteiger partial charge in [0, 0.05) is 11.0 Å². The van der Waals surface area contributed by atoms with E-state index in [1.165, 1.54) is 57.8 Å². The van der Waals surface area contributed by atoms with Crippen LogP contribution in [0.4, 0.5) is 0 Å². The molecule has 0 rings (SSSR count). The SMILES string of the molecule is CCCCCCCC(CCCC)SCC(O)CO. The fourth-order valence-electron chi connectivity index (χ4n) is 2.02. The van der Waals surface area contributed by atoms with Crippen LogP contribution in [0.15, 0.2) is 0 Å². The molecule has 0 heterocycles. The number of hydrogen-bond donors (Lipinski definition) is 2. The molecule has 0 aromatic heterocycles. The highest BCUT2D eigenvalue weighted by atomic mass is 32.2. The van der Waals surface area contributed by atoms with Gasteiger partial charge in [0.2, 0.25) is 0 Å². The van der Waals surface area contributed by atoms with Gasteiger partial charge < -0.3 is 10.2 Å². The monoisotopic (exact) mass is 276 g/mol. The van der Waals surface area contributed by atoms with Crippen LogP contribution in [0, 0.1) is 0 Å². The van der Waals surface area contributed by atoms with Crippen LogP contribution in [-0.2, 0) is 0 Å². The lowest BCUT2D eigenvalue weighted by molar-refractivity contribution is 0.113. The van der Waals surface area contributed by atoms with Gasteiger partial charge in [-0.05, 0) is 12.8 Å². The molecule has 0 spiro atoms. The van der Waals surface area contributed by atoms with Gasteiger partial charge in [0.05, 0.1) is 12.7 Å². The molecule has 0 bridgehead atoms. The molecule has 0 aromatic rings. The predicted octanol–water partition coefficient (Wildman–Crippen LogP) is 3.99. The van der Waals surface area contributed by atoms with Crippen molar-refractivity contribution in [3.8, 4) is 0 Å². The number of thioether (sulfide) groups is 1. The van der Waals surface area contributed by atoms with Crippen molar-refractivity contribution in [3.63, 3.8) is 0 Å². The topological polar surface area (TPSA) is 40.5 Å². The summed E-state index contributed by atoms with van der Waals surface area (Å²) in [5, 5.41) is 18.9. The summed E-state index contributed by atoms with van der Waals surface area (Å²) in [6.45, 7) is 4.37. The van der Waals surface area contributed by atoms with Crippen LogP contribution in [-0.4, -0.2) is 33.9 Å². The second kappa shape index (κ2) is 13.7. The summed E-state index contributed by atoms with van der Waals surface area (Å²) in [7, 11) is 0. The molecule has 0 saturated heterocycles. The van der Waals surface area contributed by atoms with E-state index in [0.717, 1.165) is 0 Å². The Hall–Kier alpha value is 0.270. The van der Waals surface area contributed by atoms with E-state index in [9.17, 15) is 5.11 Å². The van der Waals surface area contributed by atoms with Gasteiger partial charge in [-0.3, -0.25) is 0 Å². The molecule has 18 heavy (non-hydrogen) atoms.